The van der Waals surface area contributed by atoms with E-state index in [0.29, 0.717) is 11.1 Å². The van der Waals surface area contributed by atoms with Gasteiger partial charge in [-0.15, -0.1) is 0 Å². The molecule has 1 saturated carbocycles. The third-order valence-electron chi connectivity index (χ3n) is 3.79. The molecule has 1 N–H and O–H groups in total. The summed E-state index contributed by atoms with van der Waals surface area (Å²) in [4.78, 5) is 0. The molecule has 0 aliphatic heterocycles. The van der Waals surface area contributed by atoms with E-state index >= 15 is 0 Å². The predicted octanol–water partition coefficient (Wildman–Crippen LogP) is 4.26. The van der Waals surface area contributed by atoms with Gasteiger partial charge in [0, 0.05) is 22.9 Å². The molecule has 0 radical (unpaired) electrons. The summed E-state index contributed by atoms with van der Waals surface area (Å²) in [5.74, 6) is 0.868. The number of rotatable bonds is 4. The second kappa shape index (κ2) is 5.40. The van der Waals surface area contributed by atoms with Crippen LogP contribution in [0.3, 0.4) is 0 Å². The molecule has 1 aliphatic carbocycles. The van der Waals surface area contributed by atoms with Crippen molar-refractivity contribution in [3.63, 3.8) is 0 Å². The van der Waals surface area contributed by atoms with Gasteiger partial charge < -0.3 is 10.1 Å². The van der Waals surface area contributed by atoms with Gasteiger partial charge in [-0.2, -0.15) is 0 Å². The lowest BCUT2D eigenvalue weighted by Crippen LogP contribution is -2.62. The van der Waals surface area contributed by atoms with Crippen molar-refractivity contribution in [2.24, 2.45) is 5.41 Å². The van der Waals surface area contributed by atoms with Crippen molar-refractivity contribution >= 4 is 27.5 Å². The van der Waals surface area contributed by atoms with Crippen molar-refractivity contribution in [2.75, 3.05) is 6.54 Å². The standard InChI is InChI=1S/C14H19BrClNO/c1-4-17-12-8-13(14(12,2)3)18-11-6-5-9(16)7-10(11)15/h5-7,12-13,17H,4,8H2,1-3H3. The van der Waals surface area contributed by atoms with Crippen molar-refractivity contribution < 1.29 is 4.74 Å². The highest BCUT2D eigenvalue weighted by atomic mass is 79.9. The number of nitrogens with one attached hydrogen (secondary N) is 1. The number of hydrogen-bond acceptors (Lipinski definition) is 2. The van der Waals surface area contributed by atoms with E-state index in [1.165, 1.54) is 0 Å². The molecular weight excluding hydrogens is 314 g/mol. The fourth-order valence-electron chi connectivity index (χ4n) is 2.40. The largest absolute Gasteiger partial charge is 0.489 e. The minimum Gasteiger partial charge on any atom is -0.489 e. The van der Waals surface area contributed by atoms with Crippen molar-refractivity contribution in [3.05, 3.63) is 27.7 Å². The van der Waals surface area contributed by atoms with Crippen molar-refractivity contribution in [1.82, 2.24) is 5.32 Å². The number of benzene rings is 1. The van der Waals surface area contributed by atoms with Crippen molar-refractivity contribution in [2.45, 2.75) is 39.3 Å². The average molecular weight is 333 g/mol. The minimum atomic E-state index is 0.162. The Morgan fingerprint density at radius 3 is 2.78 bits per heavy atom. The summed E-state index contributed by atoms with van der Waals surface area (Å²) in [7, 11) is 0. The third kappa shape index (κ3) is 2.68. The van der Waals surface area contributed by atoms with E-state index in [9.17, 15) is 0 Å². The molecule has 0 heterocycles. The lowest BCUT2D eigenvalue weighted by Gasteiger charge is -2.51. The highest BCUT2D eigenvalue weighted by Crippen LogP contribution is 2.44. The smallest absolute Gasteiger partial charge is 0.134 e. The van der Waals surface area contributed by atoms with Gasteiger partial charge in [-0.3, -0.25) is 0 Å². The Balaban J connectivity index is 2.03. The van der Waals surface area contributed by atoms with E-state index in [4.69, 9.17) is 16.3 Å². The molecule has 0 aromatic heterocycles. The first-order chi connectivity index (χ1) is 8.45. The molecule has 18 heavy (non-hydrogen) atoms. The average Bonchev–Trinajstić information content (AvgIpc) is 2.30. The summed E-state index contributed by atoms with van der Waals surface area (Å²) in [6, 6.07) is 6.18. The second-order valence-electron chi connectivity index (χ2n) is 5.35. The zero-order valence-corrected chi connectivity index (χ0v) is 13.3. The van der Waals surface area contributed by atoms with E-state index in [2.05, 4.69) is 42.0 Å². The molecule has 0 amide bonds. The molecule has 4 heteroatoms. The zero-order valence-electron chi connectivity index (χ0n) is 11.0. The molecule has 2 atom stereocenters. The highest BCUT2D eigenvalue weighted by molar-refractivity contribution is 9.10. The van der Waals surface area contributed by atoms with Gasteiger partial charge in [0.15, 0.2) is 0 Å². The maximum atomic E-state index is 6.08. The van der Waals surface area contributed by atoms with Crippen LogP contribution in [0.4, 0.5) is 0 Å². The molecule has 0 bridgehead atoms. The Labute approximate surface area is 122 Å². The van der Waals surface area contributed by atoms with Crippen LogP contribution in [0.5, 0.6) is 5.75 Å². The highest BCUT2D eigenvalue weighted by Gasteiger charge is 2.49. The Bertz CT molecular complexity index is 436. The summed E-state index contributed by atoms with van der Waals surface area (Å²) >= 11 is 9.41. The Hall–Kier alpha value is -0.250. The summed E-state index contributed by atoms with van der Waals surface area (Å²) in [5.41, 5.74) is 0.162. The topological polar surface area (TPSA) is 21.3 Å². The summed E-state index contributed by atoms with van der Waals surface area (Å²) in [6.45, 7) is 7.64. The molecule has 0 saturated heterocycles. The van der Waals surface area contributed by atoms with Crippen LogP contribution in [0.1, 0.15) is 27.2 Å². The first kappa shape index (κ1) is 14.2. The Morgan fingerprint density at radius 2 is 2.22 bits per heavy atom. The minimum absolute atomic E-state index is 0.162. The molecule has 1 aliphatic rings. The summed E-state index contributed by atoms with van der Waals surface area (Å²) < 4.78 is 7.00. The van der Waals surface area contributed by atoms with E-state index in [1.807, 2.05) is 18.2 Å². The quantitative estimate of drug-likeness (QED) is 0.889. The van der Waals surface area contributed by atoms with Crippen LogP contribution >= 0.6 is 27.5 Å². The lowest BCUT2D eigenvalue weighted by molar-refractivity contribution is -0.0545. The van der Waals surface area contributed by atoms with Gasteiger partial charge in [0.2, 0.25) is 0 Å². The summed E-state index contributed by atoms with van der Waals surface area (Å²) in [5, 5.41) is 4.21. The SMILES string of the molecule is CCNC1CC(Oc2ccc(Cl)cc2Br)C1(C)C. The Morgan fingerprint density at radius 1 is 1.50 bits per heavy atom. The molecular formula is C14H19BrClNO. The Kier molecular flexibility index (Phi) is 4.25. The van der Waals surface area contributed by atoms with Gasteiger partial charge in [-0.1, -0.05) is 32.4 Å². The number of halogens is 2. The van der Waals surface area contributed by atoms with Crippen LogP contribution in [0, 0.1) is 5.41 Å². The number of hydrogen-bond donors (Lipinski definition) is 1. The van der Waals surface area contributed by atoms with Gasteiger partial charge in [-0.25, -0.2) is 0 Å². The monoisotopic (exact) mass is 331 g/mol. The molecule has 1 aromatic rings. The van der Waals surface area contributed by atoms with E-state index in [0.717, 1.165) is 23.2 Å². The second-order valence-corrected chi connectivity index (χ2v) is 6.64. The fraction of sp³-hybridized carbons (Fsp3) is 0.571. The van der Waals surface area contributed by atoms with Crippen LogP contribution in [-0.4, -0.2) is 18.7 Å². The summed E-state index contributed by atoms with van der Waals surface area (Å²) in [6.07, 6.45) is 1.30. The molecule has 1 fully saturated rings. The lowest BCUT2D eigenvalue weighted by atomic mass is 9.64. The van der Waals surface area contributed by atoms with Crippen LogP contribution < -0.4 is 10.1 Å². The van der Waals surface area contributed by atoms with Crippen LogP contribution in [0.15, 0.2) is 22.7 Å². The molecule has 2 unspecified atom stereocenters. The molecule has 1 aromatic carbocycles. The van der Waals surface area contributed by atoms with Crippen LogP contribution in [-0.2, 0) is 0 Å². The van der Waals surface area contributed by atoms with Crippen LogP contribution in [0.25, 0.3) is 0 Å². The maximum Gasteiger partial charge on any atom is 0.134 e. The van der Waals surface area contributed by atoms with Gasteiger partial charge >= 0.3 is 0 Å². The zero-order chi connectivity index (χ0) is 13.3. The fourth-order valence-corrected chi connectivity index (χ4v) is 3.18. The van der Waals surface area contributed by atoms with Crippen molar-refractivity contribution in [3.8, 4) is 5.75 Å². The molecule has 100 valence electrons. The molecule has 2 rings (SSSR count). The number of ether oxygens (including phenoxy) is 1. The normalized spacial score (nSPS) is 25.6. The molecule has 2 nitrogen and oxygen atoms in total. The van der Waals surface area contributed by atoms with E-state index < -0.39 is 0 Å². The molecule has 0 spiro atoms. The van der Waals surface area contributed by atoms with Crippen LogP contribution in [0.2, 0.25) is 5.02 Å². The third-order valence-corrected chi connectivity index (χ3v) is 4.65. The predicted molar refractivity (Wildman–Crippen MR) is 79.4 cm³/mol. The van der Waals surface area contributed by atoms with Crippen molar-refractivity contribution in [1.29, 1.82) is 0 Å². The van der Waals surface area contributed by atoms with Gasteiger partial charge in [0.25, 0.3) is 0 Å². The van der Waals surface area contributed by atoms with E-state index in [-0.39, 0.29) is 11.5 Å². The maximum absolute atomic E-state index is 6.08. The van der Waals surface area contributed by atoms with E-state index in [1.54, 1.807) is 0 Å². The van der Waals surface area contributed by atoms with Gasteiger partial charge in [0.05, 0.1) is 4.47 Å². The first-order valence-electron chi connectivity index (χ1n) is 6.30. The van der Waals surface area contributed by atoms with Gasteiger partial charge in [0.1, 0.15) is 11.9 Å². The first-order valence-corrected chi connectivity index (χ1v) is 7.47. The van der Waals surface area contributed by atoms with Gasteiger partial charge in [-0.05, 0) is 40.7 Å².